The molecule has 0 aliphatic rings. The van der Waals surface area contributed by atoms with Gasteiger partial charge in [-0.1, -0.05) is 47.5 Å². The van der Waals surface area contributed by atoms with Crippen molar-refractivity contribution in [3.63, 3.8) is 0 Å². The normalized spacial score (nSPS) is 12.1. The lowest BCUT2D eigenvalue weighted by Crippen LogP contribution is -2.23. The van der Waals surface area contributed by atoms with Gasteiger partial charge < -0.3 is 8.97 Å². The molecule has 0 fully saturated rings. The van der Waals surface area contributed by atoms with Crippen LogP contribution in [0.25, 0.3) is 27.9 Å². The van der Waals surface area contributed by atoms with Gasteiger partial charge in [0.1, 0.15) is 17.8 Å². The van der Waals surface area contributed by atoms with Gasteiger partial charge in [-0.3, -0.25) is 9.00 Å². The van der Waals surface area contributed by atoms with Gasteiger partial charge >= 0.3 is 0 Å². The first-order valence-corrected chi connectivity index (χ1v) is 9.83. The fourth-order valence-corrected chi connectivity index (χ4v) is 3.51. The maximum Gasteiger partial charge on any atom is 0.280 e. The van der Waals surface area contributed by atoms with Gasteiger partial charge in [-0.15, -0.1) is 0 Å². The third kappa shape index (κ3) is 3.94. The zero-order chi connectivity index (χ0) is 20.4. The molecule has 8 heteroatoms. The van der Waals surface area contributed by atoms with Crippen molar-refractivity contribution >= 4 is 11.1 Å². The SMILES string of the molecule is O=c1c(-c2ccc(F)cc2)c(-c2ccc(CS(=O)[O-])cc2)cnn1-c1ccoc1. The van der Waals surface area contributed by atoms with Gasteiger partial charge in [-0.05, 0) is 28.8 Å². The highest BCUT2D eigenvalue weighted by molar-refractivity contribution is 7.78. The summed E-state index contributed by atoms with van der Waals surface area (Å²) in [6.07, 6.45) is 4.39. The summed E-state index contributed by atoms with van der Waals surface area (Å²) in [5, 5.41) is 4.24. The van der Waals surface area contributed by atoms with E-state index in [4.69, 9.17) is 4.42 Å². The van der Waals surface area contributed by atoms with E-state index in [2.05, 4.69) is 5.10 Å². The molecular formula is C21H14FN2O4S-. The molecule has 0 bridgehead atoms. The Balaban J connectivity index is 1.89. The molecule has 0 amide bonds. The monoisotopic (exact) mass is 409 g/mol. The standard InChI is InChI=1S/C21H15FN2O4S/c22-17-7-5-16(6-8-17)20-19(15-3-1-14(2-4-15)13-29(26)27)11-23-24(21(20)25)18-9-10-28-12-18/h1-12H,13H2,(H,26,27)/p-1. The predicted molar refractivity (Wildman–Crippen MR) is 106 cm³/mol. The van der Waals surface area contributed by atoms with E-state index in [0.29, 0.717) is 33.5 Å². The number of halogens is 1. The van der Waals surface area contributed by atoms with Crippen molar-refractivity contribution in [2.75, 3.05) is 0 Å². The molecule has 1 atom stereocenters. The van der Waals surface area contributed by atoms with Gasteiger partial charge in [0.05, 0.1) is 18.0 Å². The Morgan fingerprint density at radius 3 is 2.34 bits per heavy atom. The minimum absolute atomic E-state index is 0.0918. The van der Waals surface area contributed by atoms with E-state index in [1.165, 1.54) is 41.5 Å². The number of furan rings is 1. The first kappa shape index (κ1) is 19.0. The largest absolute Gasteiger partial charge is 0.772 e. The van der Waals surface area contributed by atoms with Gasteiger partial charge in [0.25, 0.3) is 5.56 Å². The quantitative estimate of drug-likeness (QED) is 0.469. The van der Waals surface area contributed by atoms with Crippen LogP contribution in [-0.2, 0) is 16.8 Å². The zero-order valence-corrected chi connectivity index (χ0v) is 15.8. The average Bonchev–Trinajstić information content (AvgIpc) is 3.23. The molecule has 0 N–H and O–H groups in total. The van der Waals surface area contributed by atoms with E-state index in [1.54, 1.807) is 36.5 Å². The van der Waals surface area contributed by atoms with Crippen LogP contribution in [0.4, 0.5) is 4.39 Å². The number of hydrogen-bond acceptors (Lipinski definition) is 5. The van der Waals surface area contributed by atoms with Crippen molar-refractivity contribution in [3.05, 3.63) is 95.1 Å². The maximum absolute atomic E-state index is 13.4. The minimum Gasteiger partial charge on any atom is -0.772 e. The first-order valence-electron chi connectivity index (χ1n) is 8.59. The molecular weight excluding hydrogens is 395 g/mol. The fraction of sp³-hybridized carbons (Fsp3) is 0.0476. The summed E-state index contributed by atoms with van der Waals surface area (Å²) in [6.45, 7) is 0. The molecule has 2 aromatic carbocycles. The van der Waals surface area contributed by atoms with Crippen LogP contribution in [0.3, 0.4) is 0 Å². The first-order chi connectivity index (χ1) is 14.0. The van der Waals surface area contributed by atoms with Crippen molar-refractivity contribution in [3.8, 4) is 27.9 Å². The van der Waals surface area contributed by atoms with Crippen LogP contribution >= 0.6 is 0 Å². The van der Waals surface area contributed by atoms with E-state index in [-0.39, 0.29) is 11.3 Å². The summed E-state index contributed by atoms with van der Waals surface area (Å²) in [4.78, 5) is 13.2. The molecule has 0 aliphatic heterocycles. The molecule has 4 rings (SSSR count). The van der Waals surface area contributed by atoms with Crippen LogP contribution in [0.15, 0.2) is 82.5 Å². The molecule has 0 saturated carbocycles. The van der Waals surface area contributed by atoms with E-state index in [0.717, 1.165) is 0 Å². The highest BCUT2D eigenvalue weighted by Gasteiger charge is 2.16. The second-order valence-corrected chi connectivity index (χ2v) is 7.18. The van der Waals surface area contributed by atoms with Crippen LogP contribution < -0.4 is 5.56 Å². The van der Waals surface area contributed by atoms with Gasteiger partial charge in [-0.2, -0.15) is 9.78 Å². The van der Waals surface area contributed by atoms with Gasteiger partial charge in [0, 0.05) is 17.4 Å². The van der Waals surface area contributed by atoms with E-state index in [1.807, 2.05) is 0 Å². The van der Waals surface area contributed by atoms with Crippen LogP contribution in [0.2, 0.25) is 0 Å². The Labute approximate surface area is 167 Å². The third-order valence-corrected chi connectivity index (χ3v) is 4.98. The van der Waals surface area contributed by atoms with Crippen molar-refractivity contribution in [2.24, 2.45) is 0 Å². The Kier molecular flexibility index (Phi) is 5.20. The highest BCUT2D eigenvalue weighted by Crippen LogP contribution is 2.29. The lowest BCUT2D eigenvalue weighted by atomic mass is 9.96. The molecule has 2 heterocycles. The third-order valence-electron chi connectivity index (χ3n) is 4.41. The van der Waals surface area contributed by atoms with E-state index in [9.17, 15) is 17.9 Å². The molecule has 6 nitrogen and oxygen atoms in total. The smallest absolute Gasteiger partial charge is 0.280 e. The minimum atomic E-state index is -2.19. The van der Waals surface area contributed by atoms with Crippen molar-refractivity contribution in [1.29, 1.82) is 0 Å². The lowest BCUT2D eigenvalue weighted by molar-refractivity contribution is 0.536. The van der Waals surface area contributed by atoms with Crippen molar-refractivity contribution in [2.45, 2.75) is 5.75 Å². The molecule has 0 aliphatic carbocycles. The molecule has 0 radical (unpaired) electrons. The van der Waals surface area contributed by atoms with Gasteiger partial charge in [0.15, 0.2) is 0 Å². The van der Waals surface area contributed by atoms with Gasteiger partial charge in [-0.25, -0.2) is 4.39 Å². The zero-order valence-electron chi connectivity index (χ0n) is 14.9. The second-order valence-electron chi connectivity index (χ2n) is 6.28. The lowest BCUT2D eigenvalue weighted by Gasteiger charge is -2.12. The Bertz CT molecular complexity index is 1220. The maximum atomic E-state index is 13.4. The fourth-order valence-electron chi connectivity index (χ4n) is 3.05. The predicted octanol–water partition coefficient (Wildman–Crippen LogP) is 3.68. The Morgan fingerprint density at radius 1 is 1.03 bits per heavy atom. The summed E-state index contributed by atoms with van der Waals surface area (Å²) in [7, 11) is 0. The molecule has 1 unspecified atom stereocenters. The van der Waals surface area contributed by atoms with E-state index >= 15 is 0 Å². The topological polar surface area (TPSA) is 88.2 Å². The Morgan fingerprint density at radius 2 is 1.72 bits per heavy atom. The molecule has 2 aromatic heterocycles. The Hall–Kier alpha value is -3.36. The van der Waals surface area contributed by atoms with Crippen molar-refractivity contribution in [1.82, 2.24) is 9.78 Å². The highest BCUT2D eigenvalue weighted by atomic mass is 32.2. The second kappa shape index (κ2) is 7.94. The molecule has 146 valence electrons. The van der Waals surface area contributed by atoms with Crippen LogP contribution in [0, 0.1) is 5.82 Å². The summed E-state index contributed by atoms with van der Waals surface area (Å²) >= 11 is -2.19. The average molecular weight is 409 g/mol. The van der Waals surface area contributed by atoms with Crippen LogP contribution in [0.1, 0.15) is 5.56 Å². The number of rotatable bonds is 5. The number of hydrogen-bond donors (Lipinski definition) is 0. The van der Waals surface area contributed by atoms with Gasteiger partial charge in [0.2, 0.25) is 0 Å². The molecule has 4 aromatic rings. The molecule has 29 heavy (non-hydrogen) atoms. The molecule has 0 saturated heterocycles. The summed E-state index contributed by atoms with van der Waals surface area (Å²) in [5.41, 5.74) is 2.84. The van der Waals surface area contributed by atoms with Crippen LogP contribution in [-0.4, -0.2) is 18.5 Å². The summed E-state index contributed by atoms with van der Waals surface area (Å²) in [6, 6.07) is 14.1. The number of aromatic nitrogens is 2. The number of nitrogens with zero attached hydrogens (tertiary/aromatic N) is 2. The number of benzene rings is 2. The molecule has 0 spiro atoms. The summed E-state index contributed by atoms with van der Waals surface area (Å²) < 4.78 is 41.5. The van der Waals surface area contributed by atoms with E-state index < -0.39 is 16.9 Å². The van der Waals surface area contributed by atoms with Crippen LogP contribution in [0.5, 0.6) is 0 Å². The summed E-state index contributed by atoms with van der Waals surface area (Å²) in [5.74, 6) is -0.500. The van der Waals surface area contributed by atoms with Crippen molar-refractivity contribution < 1.29 is 17.6 Å².